The zero-order valence-electron chi connectivity index (χ0n) is 14.1. The second kappa shape index (κ2) is 8.08. The predicted octanol–water partition coefficient (Wildman–Crippen LogP) is 0.647. The molecule has 1 aromatic rings. The number of nitrogens with one attached hydrogen (secondary N) is 1. The molecule has 9 nitrogen and oxygen atoms in total. The molecule has 0 bridgehead atoms. The molecule has 10 heteroatoms. The summed E-state index contributed by atoms with van der Waals surface area (Å²) in [7, 11) is -2.26. The van der Waals surface area contributed by atoms with Crippen molar-refractivity contribution in [2.24, 2.45) is 5.92 Å². The lowest BCUT2D eigenvalue weighted by Crippen LogP contribution is -2.44. The molecule has 2 N–H and O–H groups in total. The van der Waals surface area contributed by atoms with Crippen molar-refractivity contribution in [3.05, 3.63) is 29.3 Å². The van der Waals surface area contributed by atoms with Crippen molar-refractivity contribution < 1.29 is 37.4 Å². The van der Waals surface area contributed by atoms with Gasteiger partial charge in [-0.05, 0) is 24.1 Å². The van der Waals surface area contributed by atoms with E-state index in [4.69, 9.17) is 5.11 Å². The monoisotopic (exact) mass is 373 g/mol. The fourth-order valence-electron chi connectivity index (χ4n) is 1.97. The molecule has 0 heterocycles. The summed E-state index contributed by atoms with van der Waals surface area (Å²) in [6, 6.07) is 1.81. The van der Waals surface area contributed by atoms with Crippen molar-refractivity contribution in [2.75, 3.05) is 14.2 Å². The molecule has 0 aliphatic carbocycles. The van der Waals surface area contributed by atoms with Crippen LogP contribution in [-0.4, -0.2) is 51.7 Å². The molecule has 138 valence electrons. The van der Waals surface area contributed by atoms with E-state index in [9.17, 15) is 22.8 Å². The SMILES string of the molecule is COC(=O)c1ccc(C(=O)OC)c(S(=O)(=O)N[C@@H](C(=O)O)C(C)C)c1. The third kappa shape index (κ3) is 4.77. The first-order chi connectivity index (χ1) is 11.5. The van der Waals surface area contributed by atoms with E-state index in [0.717, 1.165) is 26.4 Å². The molecule has 1 atom stereocenters. The predicted molar refractivity (Wildman–Crippen MR) is 85.7 cm³/mol. The maximum atomic E-state index is 12.6. The standard InChI is InChI=1S/C15H19NO8S/c1-8(2)12(13(17)18)16-25(21,22)11-7-9(14(19)23-3)5-6-10(11)15(20)24-4/h5-8,12,16H,1-4H3,(H,17,18)/t12-/m1/s1. The van der Waals surface area contributed by atoms with E-state index in [1.54, 1.807) is 0 Å². The van der Waals surface area contributed by atoms with Crippen molar-refractivity contribution in [2.45, 2.75) is 24.8 Å². The number of carbonyl (C=O) groups excluding carboxylic acids is 2. The van der Waals surface area contributed by atoms with Crippen molar-refractivity contribution in [3.63, 3.8) is 0 Å². The van der Waals surface area contributed by atoms with Gasteiger partial charge in [-0.15, -0.1) is 0 Å². The molecule has 0 fully saturated rings. The summed E-state index contributed by atoms with van der Waals surface area (Å²) in [4.78, 5) is 34.2. The van der Waals surface area contributed by atoms with Crippen LogP contribution in [0.4, 0.5) is 0 Å². The first-order valence-electron chi connectivity index (χ1n) is 7.11. The minimum absolute atomic E-state index is 0.119. The van der Waals surface area contributed by atoms with E-state index in [1.807, 2.05) is 4.72 Å². The lowest BCUT2D eigenvalue weighted by molar-refractivity contribution is -0.140. The fourth-order valence-corrected chi connectivity index (χ4v) is 3.53. The van der Waals surface area contributed by atoms with E-state index in [-0.39, 0.29) is 11.1 Å². The molecule has 0 saturated heterocycles. The normalized spacial score (nSPS) is 12.5. The van der Waals surface area contributed by atoms with Gasteiger partial charge >= 0.3 is 17.9 Å². The third-order valence-electron chi connectivity index (χ3n) is 3.31. The molecule has 0 unspecified atom stereocenters. The number of esters is 2. The van der Waals surface area contributed by atoms with Crippen LogP contribution in [0, 0.1) is 5.92 Å². The van der Waals surface area contributed by atoms with Crippen LogP contribution < -0.4 is 4.72 Å². The lowest BCUT2D eigenvalue weighted by atomic mass is 10.1. The molecule has 1 rings (SSSR count). The van der Waals surface area contributed by atoms with Gasteiger partial charge in [-0.25, -0.2) is 18.0 Å². The van der Waals surface area contributed by atoms with Crippen molar-refractivity contribution in [3.8, 4) is 0 Å². The highest BCUT2D eigenvalue weighted by Gasteiger charge is 2.31. The summed E-state index contributed by atoms with van der Waals surface area (Å²) in [6.07, 6.45) is 0. The second-order valence-corrected chi connectivity index (χ2v) is 7.06. The molecule has 25 heavy (non-hydrogen) atoms. The van der Waals surface area contributed by atoms with E-state index in [1.165, 1.54) is 19.9 Å². The Labute approximate surface area is 145 Å². The van der Waals surface area contributed by atoms with Gasteiger partial charge in [-0.2, -0.15) is 4.72 Å². The topological polar surface area (TPSA) is 136 Å². The Kier molecular flexibility index (Phi) is 6.65. The average molecular weight is 373 g/mol. The van der Waals surface area contributed by atoms with E-state index in [0.29, 0.717) is 0 Å². The van der Waals surface area contributed by atoms with E-state index < -0.39 is 44.8 Å². The van der Waals surface area contributed by atoms with Crippen LogP contribution in [0.1, 0.15) is 34.6 Å². The second-order valence-electron chi connectivity index (χ2n) is 5.38. The molecule has 0 radical (unpaired) electrons. The van der Waals surface area contributed by atoms with Crippen LogP contribution in [0.2, 0.25) is 0 Å². The Bertz CT molecular complexity index is 785. The number of aliphatic carboxylic acids is 1. The van der Waals surface area contributed by atoms with Crippen LogP contribution in [-0.2, 0) is 24.3 Å². The summed E-state index contributed by atoms with van der Waals surface area (Å²) in [5.74, 6) is -3.69. The maximum absolute atomic E-state index is 12.6. The molecule has 0 spiro atoms. The lowest BCUT2D eigenvalue weighted by Gasteiger charge is -2.19. The van der Waals surface area contributed by atoms with E-state index in [2.05, 4.69) is 9.47 Å². The molecule has 0 aliphatic heterocycles. The fraction of sp³-hybridized carbons (Fsp3) is 0.400. The van der Waals surface area contributed by atoms with Crippen LogP contribution in [0.5, 0.6) is 0 Å². The van der Waals surface area contributed by atoms with Gasteiger partial charge in [0.25, 0.3) is 0 Å². The smallest absolute Gasteiger partial charge is 0.339 e. The summed E-state index contributed by atoms with van der Waals surface area (Å²) >= 11 is 0. The quantitative estimate of drug-likeness (QED) is 0.665. The van der Waals surface area contributed by atoms with Crippen molar-refractivity contribution >= 4 is 27.9 Å². The van der Waals surface area contributed by atoms with Crippen LogP contribution in [0.15, 0.2) is 23.1 Å². The highest BCUT2D eigenvalue weighted by molar-refractivity contribution is 7.89. The van der Waals surface area contributed by atoms with Gasteiger partial charge in [0.1, 0.15) is 6.04 Å². The highest BCUT2D eigenvalue weighted by Crippen LogP contribution is 2.21. The summed E-state index contributed by atoms with van der Waals surface area (Å²) in [5, 5.41) is 9.17. The Hall–Kier alpha value is -2.46. The number of hydrogen-bond acceptors (Lipinski definition) is 7. The zero-order chi connectivity index (χ0) is 19.4. The minimum Gasteiger partial charge on any atom is -0.480 e. The molecular formula is C15H19NO8S. The van der Waals surface area contributed by atoms with Gasteiger partial charge in [-0.1, -0.05) is 13.8 Å². The number of methoxy groups -OCH3 is 2. The molecule has 0 aromatic heterocycles. The van der Waals surface area contributed by atoms with Gasteiger partial charge in [0.15, 0.2) is 0 Å². The van der Waals surface area contributed by atoms with Crippen LogP contribution in [0.3, 0.4) is 0 Å². The number of carboxylic acids is 1. The largest absolute Gasteiger partial charge is 0.480 e. The number of ether oxygens (including phenoxy) is 2. The van der Waals surface area contributed by atoms with Gasteiger partial charge in [0.2, 0.25) is 10.0 Å². The number of carboxylic acid groups (broad SMARTS) is 1. The first kappa shape index (κ1) is 20.6. The minimum atomic E-state index is -4.44. The Morgan fingerprint density at radius 1 is 1.08 bits per heavy atom. The number of sulfonamides is 1. The van der Waals surface area contributed by atoms with Gasteiger partial charge in [-0.3, -0.25) is 4.79 Å². The number of rotatable bonds is 7. The number of carbonyl (C=O) groups is 3. The molecular weight excluding hydrogens is 354 g/mol. The van der Waals surface area contributed by atoms with Gasteiger partial charge in [0, 0.05) is 0 Å². The summed E-state index contributed by atoms with van der Waals surface area (Å²) < 4.78 is 36.3. The van der Waals surface area contributed by atoms with Crippen LogP contribution in [0.25, 0.3) is 0 Å². The summed E-state index contributed by atoms with van der Waals surface area (Å²) in [5.41, 5.74) is -0.456. The van der Waals surface area contributed by atoms with Gasteiger partial charge in [0.05, 0.1) is 30.2 Å². The summed E-state index contributed by atoms with van der Waals surface area (Å²) in [6.45, 7) is 3.04. The Balaban J connectivity index is 3.51. The average Bonchev–Trinajstić information content (AvgIpc) is 2.57. The van der Waals surface area contributed by atoms with E-state index >= 15 is 0 Å². The van der Waals surface area contributed by atoms with Gasteiger partial charge < -0.3 is 14.6 Å². The first-order valence-corrected chi connectivity index (χ1v) is 8.59. The highest BCUT2D eigenvalue weighted by atomic mass is 32.2. The molecule has 1 aromatic carbocycles. The zero-order valence-corrected chi connectivity index (χ0v) is 14.9. The number of hydrogen-bond donors (Lipinski definition) is 2. The third-order valence-corrected chi connectivity index (χ3v) is 4.79. The van der Waals surface area contributed by atoms with Crippen LogP contribution >= 0.6 is 0 Å². The Morgan fingerprint density at radius 2 is 1.64 bits per heavy atom. The number of benzene rings is 1. The molecule has 0 aliphatic rings. The molecule has 0 amide bonds. The van der Waals surface area contributed by atoms with Crippen molar-refractivity contribution in [1.82, 2.24) is 4.72 Å². The Morgan fingerprint density at radius 3 is 2.08 bits per heavy atom. The van der Waals surface area contributed by atoms with Crippen molar-refractivity contribution in [1.29, 1.82) is 0 Å². The molecule has 0 saturated carbocycles. The maximum Gasteiger partial charge on any atom is 0.339 e.